The molecule has 1 heterocycles. The Balaban J connectivity index is 1.56. The smallest absolute Gasteiger partial charge is 0.283 e. The van der Waals surface area contributed by atoms with Gasteiger partial charge in [0.05, 0.1) is 16.9 Å². The summed E-state index contributed by atoms with van der Waals surface area (Å²) < 4.78 is 19.3. The second-order valence-electron chi connectivity index (χ2n) is 5.72. The summed E-state index contributed by atoms with van der Waals surface area (Å²) in [6.45, 7) is 1.73. The van der Waals surface area contributed by atoms with Crippen LogP contribution in [0.1, 0.15) is 26.5 Å². The maximum absolute atomic E-state index is 13.7. The van der Waals surface area contributed by atoms with Crippen molar-refractivity contribution in [2.45, 2.75) is 13.5 Å². The zero-order valence-corrected chi connectivity index (χ0v) is 16.4. The van der Waals surface area contributed by atoms with Gasteiger partial charge in [-0.15, -0.1) is 0 Å². The third-order valence-corrected chi connectivity index (χ3v) is 5.06. The second-order valence-corrected chi connectivity index (χ2v) is 7.16. The van der Waals surface area contributed by atoms with Gasteiger partial charge in [0, 0.05) is 5.56 Å². The van der Waals surface area contributed by atoms with Gasteiger partial charge in [-0.05, 0) is 48.9 Å². The number of aromatic nitrogens is 1. The van der Waals surface area contributed by atoms with Crippen molar-refractivity contribution >= 4 is 40.2 Å². The van der Waals surface area contributed by atoms with E-state index in [-0.39, 0.29) is 12.5 Å². The number of carbonyl (C=O) groups is 1. The van der Waals surface area contributed by atoms with Crippen LogP contribution in [0.15, 0.2) is 47.6 Å². The first kappa shape index (κ1) is 19.8. The van der Waals surface area contributed by atoms with Gasteiger partial charge in [-0.25, -0.2) is 14.8 Å². The third kappa shape index (κ3) is 4.85. The average Bonchev–Trinajstić information content (AvgIpc) is 3.01. The highest BCUT2D eigenvalue weighted by atomic mass is 35.5. The van der Waals surface area contributed by atoms with E-state index in [2.05, 4.69) is 15.5 Å². The van der Waals surface area contributed by atoms with Crippen LogP contribution >= 0.6 is 22.9 Å². The Morgan fingerprint density at radius 1 is 1.36 bits per heavy atom. The molecular weight excluding hydrogens is 403 g/mol. The molecule has 6 nitrogen and oxygen atoms in total. The summed E-state index contributed by atoms with van der Waals surface area (Å²) in [5, 5.41) is 4.57. The highest BCUT2D eigenvalue weighted by Gasteiger charge is 2.13. The normalized spacial score (nSPS) is 11.0. The summed E-state index contributed by atoms with van der Waals surface area (Å²) in [6.07, 6.45) is 1.50. The molecule has 1 amide bonds. The van der Waals surface area contributed by atoms with Crippen molar-refractivity contribution in [1.29, 1.82) is 0 Å². The molecule has 0 unspecified atom stereocenters. The zero-order valence-electron chi connectivity index (χ0n) is 14.8. The lowest BCUT2D eigenvalue weighted by Crippen LogP contribution is -2.17. The molecule has 0 aliphatic heterocycles. The molecule has 3 aromatic rings. The Kier molecular flexibility index (Phi) is 6.23. The minimum Gasteiger partial charge on any atom is -0.489 e. The Labute approximate surface area is 169 Å². The summed E-state index contributed by atoms with van der Waals surface area (Å²) in [5.41, 5.74) is 9.62. The van der Waals surface area contributed by atoms with Gasteiger partial charge in [0.2, 0.25) is 0 Å². The highest BCUT2D eigenvalue weighted by molar-refractivity contribution is 7.17. The first-order valence-electron chi connectivity index (χ1n) is 8.16. The van der Waals surface area contributed by atoms with Crippen LogP contribution in [0.5, 0.6) is 5.75 Å². The fourth-order valence-corrected chi connectivity index (χ4v) is 3.26. The molecule has 9 heteroatoms. The summed E-state index contributed by atoms with van der Waals surface area (Å²) in [4.78, 5) is 16.4. The minimum absolute atomic E-state index is 0.0202. The maximum Gasteiger partial charge on any atom is 0.283 e. The van der Waals surface area contributed by atoms with Gasteiger partial charge in [-0.3, -0.25) is 4.79 Å². The number of benzene rings is 2. The topological polar surface area (TPSA) is 89.6 Å². The molecule has 0 radical (unpaired) electrons. The fraction of sp³-hybridized carbons (Fsp3) is 0.105. The van der Waals surface area contributed by atoms with Crippen molar-refractivity contribution in [3.63, 3.8) is 0 Å². The van der Waals surface area contributed by atoms with E-state index in [1.54, 1.807) is 43.3 Å². The van der Waals surface area contributed by atoms with Crippen molar-refractivity contribution in [3.8, 4) is 5.75 Å². The van der Waals surface area contributed by atoms with Gasteiger partial charge in [0.25, 0.3) is 5.91 Å². The number of nitrogens with zero attached hydrogens (tertiary/aromatic N) is 2. The van der Waals surface area contributed by atoms with Crippen molar-refractivity contribution in [1.82, 2.24) is 10.4 Å². The molecule has 3 rings (SSSR count). The third-order valence-electron chi connectivity index (χ3n) is 3.72. The lowest BCUT2D eigenvalue weighted by atomic mass is 10.2. The zero-order chi connectivity index (χ0) is 20.1. The molecule has 0 aliphatic carbocycles. The van der Waals surface area contributed by atoms with E-state index in [1.165, 1.54) is 12.3 Å². The number of ether oxygens (including phenoxy) is 1. The molecule has 28 heavy (non-hydrogen) atoms. The van der Waals surface area contributed by atoms with Crippen LogP contribution in [0, 0.1) is 12.7 Å². The number of hydrogen-bond donors (Lipinski definition) is 2. The molecule has 1 aromatic heterocycles. The Morgan fingerprint density at radius 2 is 2.11 bits per heavy atom. The summed E-state index contributed by atoms with van der Waals surface area (Å²) in [6, 6.07) is 11.4. The molecule has 144 valence electrons. The van der Waals surface area contributed by atoms with Gasteiger partial charge in [0.15, 0.2) is 5.13 Å². The number of nitrogen functional groups attached to an aromatic ring is 1. The number of hydrazone groups is 1. The standard InChI is InChI=1S/C19H16ClFN4O2S/c1-11-17(28-19(22)24-11)18(26)25-23-9-12-5-7-13(8-6-12)27-10-14-15(20)3-2-4-16(14)21/h2-9H,10H2,1H3,(H2,22,24)(H,25,26)/b23-9-. The van der Waals surface area contributed by atoms with Crippen molar-refractivity contribution in [2.24, 2.45) is 5.10 Å². The van der Waals surface area contributed by atoms with Crippen LogP contribution in [0.25, 0.3) is 0 Å². The maximum atomic E-state index is 13.7. The largest absolute Gasteiger partial charge is 0.489 e. The monoisotopic (exact) mass is 418 g/mol. The number of rotatable bonds is 6. The summed E-state index contributed by atoms with van der Waals surface area (Å²) in [7, 11) is 0. The van der Waals surface area contributed by atoms with Crippen LogP contribution in [0.2, 0.25) is 5.02 Å². The van der Waals surface area contributed by atoms with Crippen molar-refractivity contribution in [3.05, 3.63) is 75.0 Å². The van der Waals surface area contributed by atoms with E-state index in [1.807, 2.05) is 0 Å². The molecule has 2 aromatic carbocycles. The molecule has 0 saturated carbocycles. The first-order chi connectivity index (χ1) is 13.4. The Bertz CT molecular complexity index is 1000. The number of thiazole rings is 1. The lowest BCUT2D eigenvalue weighted by molar-refractivity contribution is 0.0958. The number of nitrogens with two attached hydrogens (primary N) is 1. The summed E-state index contributed by atoms with van der Waals surface area (Å²) >= 11 is 7.08. The number of halogens is 2. The predicted molar refractivity (Wildman–Crippen MR) is 109 cm³/mol. The number of anilines is 1. The number of amides is 1. The number of nitrogens with one attached hydrogen (secondary N) is 1. The number of aryl methyl sites for hydroxylation is 1. The van der Waals surface area contributed by atoms with Crippen LogP contribution in [-0.2, 0) is 6.61 Å². The SMILES string of the molecule is Cc1nc(N)sc1C(=O)N/N=C\c1ccc(OCc2c(F)cccc2Cl)cc1. The summed E-state index contributed by atoms with van der Waals surface area (Å²) in [5.74, 6) is -0.231. The molecule has 0 spiro atoms. The molecule has 0 fully saturated rings. The predicted octanol–water partition coefficient (Wildman–Crippen LogP) is 4.17. The quantitative estimate of drug-likeness (QED) is 0.464. The molecule has 0 bridgehead atoms. The van der Waals surface area contributed by atoms with Crippen LogP contribution in [0.4, 0.5) is 9.52 Å². The number of carbonyl (C=O) groups excluding carboxylic acids is 1. The molecular formula is C19H16ClFN4O2S. The van der Waals surface area contributed by atoms with E-state index in [9.17, 15) is 9.18 Å². The highest BCUT2D eigenvalue weighted by Crippen LogP contribution is 2.22. The second kappa shape index (κ2) is 8.81. The van der Waals surface area contributed by atoms with Gasteiger partial charge in [0.1, 0.15) is 23.1 Å². The van der Waals surface area contributed by atoms with E-state index in [0.29, 0.717) is 32.0 Å². The molecule has 3 N–H and O–H groups in total. The molecule has 0 aliphatic rings. The van der Waals surface area contributed by atoms with Crippen molar-refractivity contribution < 1.29 is 13.9 Å². The number of hydrogen-bond acceptors (Lipinski definition) is 6. The van der Waals surface area contributed by atoms with Crippen molar-refractivity contribution in [2.75, 3.05) is 5.73 Å². The van der Waals surface area contributed by atoms with Gasteiger partial charge >= 0.3 is 0 Å². The minimum atomic E-state index is -0.412. The van der Waals surface area contributed by atoms with E-state index >= 15 is 0 Å². The van der Waals surface area contributed by atoms with Gasteiger partial charge < -0.3 is 10.5 Å². The average molecular weight is 419 g/mol. The fourth-order valence-electron chi connectivity index (χ4n) is 2.32. The Hall–Kier alpha value is -2.97. The van der Waals surface area contributed by atoms with Gasteiger partial charge in [-0.2, -0.15) is 5.10 Å². The van der Waals surface area contributed by atoms with Crippen LogP contribution < -0.4 is 15.9 Å². The molecule has 0 saturated heterocycles. The lowest BCUT2D eigenvalue weighted by Gasteiger charge is -2.08. The first-order valence-corrected chi connectivity index (χ1v) is 9.35. The van der Waals surface area contributed by atoms with Crippen LogP contribution in [-0.4, -0.2) is 17.1 Å². The van der Waals surface area contributed by atoms with E-state index in [4.69, 9.17) is 22.1 Å². The molecule has 0 atom stereocenters. The van der Waals surface area contributed by atoms with E-state index in [0.717, 1.165) is 16.9 Å². The Morgan fingerprint density at radius 3 is 2.75 bits per heavy atom. The van der Waals surface area contributed by atoms with Crippen LogP contribution in [0.3, 0.4) is 0 Å². The van der Waals surface area contributed by atoms with E-state index < -0.39 is 5.82 Å². The van der Waals surface area contributed by atoms with Gasteiger partial charge in [-0.1, -0.05) is 29.0 Å².